The van der Waals surface area contributed by atoms with Gasteiger partial charge >= 0.3 is 0 Å². The summed E-state index contributed by atoms with van der Waals surface area (Å²) in [6.07, 6.45) is 0.359. The number of ketones is 1. The Balaban J connectivity index is 1.50. The van der Waals surface area contributed by atoms with E-state index in [1.165, 1.54) is 14.0 Å². The molecule has 2 aromatic rings. The molecule has 0 atom stereocenters. The lowest BCUT2D eigenvalue weighted by Gasteiger charge is -2.26. The Morgan fingerprint density at radius 1 is 1.03 bits per heavy atom. The van der Waals surface area contributed by atoms with E-state index in [9.17, 15) is 14.4 Å². The van der Waals surface area contributed by atoms with E-state index in [1.54, 1.807) is 30.3 Å². The monoisotopic (exact) mass is 442 g/mol. The molecule has 1 aliphatic heterocycles. The van der Waals surface area contributed by atoms with Crippen molar-refractivity contribution < 1.29 is 23.9 Å². The average Bonchev–Trinajstić information content (AvgIpc) is 2.79. The fourth-order valence-corrected chi connectivity index (χ4v) is 4.05. The van der Waals surface area contributed by atoms with Gasteiger partial charge in [-0.25, -0.2) is 0 Å². The molecule has 3 rings (SSSR count). The number of ether oxygens (including phenoxy) is 2. The van der Waals surface area contributed by atoms with Crippen LogP contribution in [-0.2, 0) is 16.0 Å². The van der Waals surface area contributed by atoms with Gasteiger partial charge in [-0.05, 0) is 42.8 Å². The van der Waals surface area contributed by atoms with Crippen molar-refractivity contribution in [2.24, 2.45) is 0 Å². The fraction of sp³-hybridized carbons (Fsp3) is 0.348. The van der Waals surface area contributed by atoms with Crippen LogP contribution in [0.3, 0.4) is 0 Å². The number of thioether (sulfide) groups is 1. The van der Waals surface area contributed by atoms with Gasteiger partial charge in [0.25, 0.3) is 5.91 Å². The molecule has 164 valence electrons. The molecular weight excluding hydrogens is 416 g/mol. The van der Waals surface area contributed by atoms with Gasteiger partial charge in [-0.3, -0.25) is 14.4 Å². The molecule has 0 aliphatic carbocycles. The lowest BCUT2D eigenvalue weighted by atomic mass is 10.1. The SMILES string of the molecule is COc1cc(C(C)=O)ccc1OCC(=O)Nc1ccc(CC(=O)N2CCSCC2)cc1. The Labute approximate surface area is 186 Å². The molecule has 0 bridgehead atoms. The number of hydrogen-bond acceptors (Lipinski definition) is 6. The first-order chi connectivity index (χ1) is 15.0. The normalized spacial score (nSPS) is 13.4. The molecule has 1 saturated heterocycles. The van der Waals surface area contributed by atoms with E-state index in [0.29, 0.717) is 29.2 Å². The number of rotatable bonds is 8. The average molecular weight is 443 g/mol. The molecule has 7 nitrogen and oxygen atoms in total. The first kappa shape index (κ1) is 22.7. The Morgan fingerprint density at radius 2 is 1.74 bits per heavy atom. The van der Waals surface area contributed by atoms with Crippen LogP contribution in [0, 0.1) is 0 Å². The van der Waals surface area contributed by atoms with E-state index in [-0.39, 0.29) is 24.2 Å². The van der Waals surface area contributed by atoms with Gasteiger partial charge in [0.2, 0.25) is 5.91 Å². The molecule has 1 heterocycles. The smallest absolute Gasteiger partial charge is 0.262 e. The van der Waals surface area contributed by atoms with Gasteiger partial charge in [0.05, 0.1) is 13.5 Å². The van der Waals surface area contributed by atoms with Crippen molar-refractivity contribution in [1.29, 1.82) is 0 Å². The molecule has 0 saturated carbocycles. The highest BCUT2D eigenvalue weighted by Gasteiger charge is 2.17. The van der Waals surface area contributed by atoms with E-state index in [2.05, 4.69) is 5.32 Å². The van der Waals surface area contributed by atoms with Crippen LogP contribution in [0.5, 0.6) is 11.5 Å². The number of nitrogens with zero attached hydrogens (tertiary/aromatic N) is 1. The van der Waals surface area contributed by atoms with Crippen molar-refractivity contribution in [3.8, 4) is 11.5 Å². The van der Waals surface area contributed by atoms with Gasteiger partial charge in [0.15, 0.2) is 23.9 Å². The first-order valence-electron chi connectivity index (χ1n) is 10.0. The molecule has 1 fully saturated rings. The minimum Gasteiger partial charge on any atom is -0.493 e. The van der Waals surface area contributed by atoms with Crippen LogP contribution in [0.2, 0.25) is 0 Å². The van der Waals surface area contributed by atoms with E-state index < -0.39 is 0 Å². The summed E-state index contributed by atoms with van der Waals surface area (Å²) in [5, 5.41) is 2.77. The highest BCUT2D eigenvalue weighted by atomic mass is 32.2. The lowest BCUT2D eigenvalue weighted by Crippen LogP contribution is -2.38. The van der Waals surface area contributed by atoms with Crippen LogP contribution in [0.25, 0.3) is 0 Å². The number of amides is 2. The second kappa shape index (κ2) is 10.9. The highest BCUT2D eigenvalue weighted by molar-refractivity contribution is 7.99. The zero-order valence-electron chi connectivity index (χ0n) is 17.7. The summed E-state index contributed by atoms with van der Waals surface area (Å²) in [5.41, 5.74) is 2.04. The number of hydrogen-bond donors (Lipinski definition) is 1. The summed E-state index contributed by atoms with van der Waals surface area (Å²) in [5.74, 6) is 2.48. The fourth-order valence-electron chi connectivity index (χ4n) is 3.15. The number of Topliss-reactive ketones (excluding diaryl/α,β-unsaturated/α-hetero) is 1. The maximum absolute atomic E-state index is 12.4. The van der Waals surface area contributed by atoms with Crippen molar-refractivity contribution in [1.82, 2.24) is 4.90 Å². The Morgan fingerprint density at radius 3 is 2.39 bits per heavy atom. The molecular formula is C23H26N2O5S. The van der Waals surface area contributed by atoms with Crippen molar-refractivity contribution >= 4 is 35.0 Å². The third kappa shape index (κ3) is 6.49. The maximum Gasteiger partial charge on any atom is 0.262 e. The van der Waals surface area contributed by atoms with Gasteiger partial charge in [-0.2, -0.15) is 11.8 Å². The van der Waals surface area contributed by atoms with Crippen molar-refractivity contribution in [2.75, 3.05) is 43.6 Å². The molecule has 0 spiro atoms. The largest absolute Gasteiger partial charge is 0.493 e. The molecule has 31 heavy (non-hydrogen) atoms. The van der Waals surface area contributed by atoms with Crippen LogP contribution >= 0.6 is 11.8 Å². The number of methoxy groups -OCH3 is 1. The summed E-state index contributed by atoms with van der Waals surface area (Å²) >= 11 is 1.87. The van der Waals surface area contributed by atoms with Gasteiger partial charge in [-0.1, -0.05) is 12.1 Å². The quantitative estimate of drug-likeness (QED) is 0.633. The second-order valence-electron chi connectivity index (χ2n) is 7.13. The predicted molar refractivity (Wildman–Crippen MR) is 121 cm³/mol. The third-order valence-electron chi connectivity index (χ3n) is 4.89. The number of carbonyl (C=O) groups excluding carboxylic acids is 3. The summed E-state index contributed by atoms with van der Waals surface area (Å²) in [4.78, 5) is 38.0. The highest BCUT2D eigenvalue weighted by Crippen LogP contribution is 2.28. The van der Waals surface area contributed by atoms with Gasteiger partial charge in [0, 0.05) is 35.8 Å². The van der Waals surface area contributed by atoms with Crippen molar-refractivity contribution in [3.63, 3.8) is 0 Å². The van der Waals surface area contributed by atoms with E-state index in [4.69, 9.17) is 9.47 Å². The summed E-state index contributed by atoms with van der Waals surface area (Å²) in [6, 6.07) is 12.0. The molecule has 2 aromatic carbocycles. The molecule has 0 radical (unpaired) electrons. The minimum absolute atomic E-state index is 0.0809. The van der Waals surface area contributed by atoms with E-state index in [1.807, 2.05) is 28.8 Å². The minimum atomic E-state index is -0.327. The summed E-state index contributed by atoms with van der Waals surface area (Å²) in [6.45, 7) is 2.87. The molecule has 0 unspecified atom stereocenters. The third-order valence-corrected chi connectivity index (χ3v) is 5.83. The second-order valence-corrected chi connectivity index (χ2v) is 8.35. The van der Waals surface area contributed by atoms with Gasteiger partial charge in [0.1, 0.15) is 0 Å². The standard InChI is InChI=1S/C23H26N2O5S/c1-16(26)18-5-8-20(21(14-18)29-2)30-15-22(27)24-19-6-3-17(4-7-19)13-23(28)25-9-11-31-12-10-25/h3-8,14H,9-13,15H2,1-2H3,(H,24,27). The molecule has 1 aliphatic rings. The number of carbonyl (C=O) groups is 3. The molecule has 8 heteroatoms. The molecule has 2 amide bonds. The molecule has 1 N–H and O–H groups in total. The first-order valence-corrected chi connectivity index (χ1v) is 11.2. The lowest BCUT2D eigenvalue weighted by molar-refractivity contribution is -0.130. The topological polar surface area (TPSA) is 84.9 Å². The van der Waals surface area contributed by atoms with Crippen molar-refractivity contribution in [3.05, 3.63) is 53.6 Å². The van der Waals surface area contributed by atoms with Crippen LogP contribution in [-0.4, -0.2) is 60.8 Å². The maximum atomic E-state index is 12.4. The molecule has 0 aromatic heterocycles. The summed E-state index contributed by atoms with van der Waals surface area (Å²) < 4.78 is 10.8. The van der Waals surface area contributed by atoms with Crippen molar-refractivity contribution in [2.45, 2.75) is 13.3 Å². The zero-order valence-corrected chi connectivity index (χ0v) is 18.5. The number of anilines is 1. The van der Waals surface area contributed by atoms with Gasteiger partial charge < -0.3 is 19.7 Å². The van der Waals surface area contributed by atoms with Crippen LogP contribution in [0.1, 0.15) is 22.8 Å². The predicted octanol–water partition coefficient (Wildman–Crippen LogP) is 3.03. The number of nitrogens with one attached hydrogen (secondary N) is 1. The van der Waals surface area contributed by atoms with E-state index >= 15 is 0 Å². The van der Waals surface area contributed by atoms with Crippen LogP contribution in [0.15, 0.2) is 42.5 Å². The Bertz CT molecular complexity index is 939. The Kier molecular flexibility index (Phi) is 7.94. The van der Waals surface area contributed by atoms with E-state index in [0.717, 1.165) is 30.2 Å². The van der Waals surface area contributed by atoms with Crippen LogP contribution in [0.4, 0.5) is 5.69 Å². The van der Waals surface area contributed by atoms with Crippen LogP contribution < -0.4 is 14.8 Å². The summed E-state index contributed by atoms with van der Waals surface area (Å²) in [7, 11) is 1.47. The Hall–Kier alpha value is -3.00. The zero-order chi connectivity index (χ0) is 22.2. The number of benzene rings is 2. The van der Waals surface area contributed by atoms with Gasteiger partial charge in [-0.15, -0.1) is 0 Å².